The van der Waals surface area contributed by atoms with E-state index in [1.165, 1.54) is 56.9 Å². The van der Waals surface area contributed by atoms with Gasteiger partial charge in [0.1, 0.15) is 0 Å². The highest BCUT2D eigenvalue weighted by molar-refractivity contribution is 5.36. The van der Waals surface area contributed by atoms with Crippen molar-refractivity contribution in [2.24, 2.45) is 0 Å². The number of hydrogen-bond donors (Lipinski definition) is 1. The zero-order valence-electron chi connectivity index (χ0n) is 13.7. The van der Waals surface area contributed by atoms with E-state index < -0.39 is 0 Å². The van der Waals surface area contributed by atoms with Crippen LogP contribution in [0.5, 0.6) is 0 Å². The molecule has 1 aromatic carbocycles. The van der Waals surface area contributed by atoms with Gasteiger partial charge in [-0.2, -0.15) is 0 Å². The van der Waals surface area contributed by atoms with Gasteiger partial charge < -0.3 is 5.32 Å². The van der Waals surface area contributed by atoms with Crippen molar-refractivity contribution in [2.45, 2.75) is 70.8 Å². The smallest absolute Gasteiger partial charge is 0.0320 e. The zero-order chi connectivity index (χ0) is 14.9. The van der Waals surface area contributed by atoms with Crippen LogP contribution in [0, 0.1) is 0 Å². The van der Waals surface area contributed by atoms with E-state index in [1.807, 2.05) is 6.08 Å². The lowest BCUT2D eigenvalue weighted by molar-refractivity contribution is 0.472. The quantitative estimate of drug-likeness (QED) is 0.451. The lowest BCUT2D eigenvalue weighted by Gasteiger charge is -2.20. The Morgan fingerprint density at radius 2 is 2.05 bits per heavy atom. The number of allylic oxidation sites excluding steroid dienone is 1. The van der Waals surface area contributed by atoms with Crippen molar-refractivity contribution in [3.8, 4) is 0 Å². The van der Waals surface area contributed by atoms with Crippen molar-refractivity contribution in [1.29, 1.82) is 0 Å². The minimum atomic E-state index is 0.541. The maximum atomic E-state index is 3.80. The summed E-state index contributed by atoms with van der Waals surface area (Å²) in [5.74, 6) is 0. The third kappa shape index (κ3) is 5.00. The predicted molar refractivity (Wildman–Crippen MR) is 92.8 cm³/mol. The van der Waals surface area contributed by atoms with Crippen LogP contribution in [0.4, 0.5) is 0 Å². The zero-order valence-corrected chi connectivity index (χ0v) is 13.7. The fourth-order valence-electron chi connectivity index (χ4n) is 3.33. The number of aryl methyl sites for hydroxylation is 2. The first kappa shape index (κ1) is 16.3. The monoisotopic (exact) mass is 285 g/mol. The highest BCUT2D eigenvalue weighted by Gasteiger charge is 2.15. The number of nitrogens with one attached hydrogen (secondary N) is 1. The average molecular weight is 285 g/mol. The molecule has 0 fully saturated rings. The molecule has 1 heteroatoms. The fraction of sp³-hybridized carbons (Fsp3) is 0.600. The molecule has 0 spiro atoms. The number of rotatable bonds is 10. The Bertz CT molecular complexity index is 435. The Balaban J connectivity index is 1.92. The SMILES string of the molecule is C=CCCCCCC(NCCC)c1ccc2c(c1)CCC2. The molecular weight excluding hydrogens is 254 g/mol. The Morgan fingerprint density at radius 3 is 2.86 bits per heavy atom. The summed E-state index contributed by atoms with van der Waals surface area (Å²) in [5.41, 5.74) is 4.69. The van der Waals surface area contributed by atoms with Gasteiger partial charge in [-0.3, -0.25) is 0 Å². The molecule has 0 heterocycles. The second-order valence-electron chi connectivity index (χ2n) is 6.32. The summed E-state index contributed by atoms with van der Waals surface area (Å²) in [7, 11) is 0. The van der Waals surface area contributed by atoms with Crippen molar-refractivity contribution in [3.63, 3.8) is 0 Å². The minimum absolute atomic E-state index is 0.541. The fourth-order valence-corrected chi connectivity index (χ4v) is 3.33. The van der Waals surface area contributed by atoms with Crippen molar-refractivity contribution >= 4 is 0 Å². The van der Waals surface area contributed by atoms with Gasteiger partial charge in [0.05, 0.1) is 0 Å². The Morgan fingerprint density at radius 1 is 1.19 bits per heavy atom. The van der Waals surface area contributed by atoms with Crippen LogP contribution in [-0.4, -0.2) is 6.54 Å². The van der Waals surface area contributed by atoms with E-state index in [1.54, 1.807) is 11.1 Å². The second-order valence-corrected chi connectivity index (χ2v) is 6.32. The van der Waals surface area contributed by atoms with Crippen molar-refractivity contribution in [1.82, 2.24) is 5.32 Å². The third-order valence-corrected chi connectivity index (χ3v) is 4.57. The molecule has 1 atom stereocenters. The van der Waals surface area contributed by atoms with Gasteiger partial charge >= 0.3 is 0 Å². The maximum Gasteiger partial charge on any atom is 0.0320 e. The highest BCUT2D eigenvalue weighted by Crippen LogP contribution is 2.27. The molecule has 0 aromatic heterocycles. The molecule has 1 N–H and O–H groups in total. The van der Waals surface area contributed by atoms with Crippen molar-refractivity contribution in [2.75, 3.05) is 6.54 Å². The molecule has 0 saturated heterocycles. The van der Waals surface area contributed by atoms with Gasteiger partial charge in [0.15, 0.2) is 0 Å². The van der Waals surface area contributed by atoms with E-state index in [2.05, 4.69) is 37.0 Å². The van der Waals surface area contributed by atoms with E-state index in [4.69, 9.17) is 0 Å². The van der Waals surface area contributed by atoms with Gasteiger partial charge in [0, 0.05) is 6.04 Å². The summed E-state index contributed by atoms with van der Waals surface area (Å²) in [5, 5.41) is 3.75. The number of unbranched alkanes of at least 4 members (excludes halogenated alkanes) is 3. The lowest BCUT2D eigenvalue weighted by Crippen LogP contribution is -2.22. The standard InChI is InChI=1S/C20H31N/c1-3-5-6-7-8-12-20(21-15-4-2)19-14-13-17-10-9-11-18(17)16-19/h3,13-14,16,20-21H,1,4-12,15H2,2H3. The Labute approximate surface area is 130 Å². The molecule has 1 aromatic rings. The van der Waals surface area contributed by atoms with Crippen LogP contribution in [0.1, 0.15) is 74.6 Å². The van der Waals surface area contributed by atoms with Crippen LogP contribution < -0.4 is 5.32 Å². The molecule has 0 amide bonds. The summed E-state index contributed by atoms with van der Waals surface area (Å²) in [6, 6.07) is 7.75. The van der Waals surface area contributed by atoms with E-state index in [0.29, 0.717) is 6.04 Å². The van der Waals surface area contributed by atoms with Crippen LogP contribution in [0.25, 0.3) is 0 Å². The highest BCUT2D eigenvalue weighted by atomic mass is 14.9. The maximum absolute atomic E-state index is 3.80. The minimum Gasteiger partial charge on any atom is -0.310 e. The van der Waals surface area contributed by atoms with Gasteiger partial charge in [0.25, 0.3) is 0 Å². The van der Waals surface area contributed by atoms with Crippen LogP contribution in [0.3, 0.4) is 0 Å². The summed E-state index contributed by atoms with van der Waals surface area (Å²) >= 11 is 0. The molecule has 1 unspecified atom stereocenters. The van der Waals surface area contributed by atoms with Crippen molar-refractivity contribution in [3.05, 3.63) is 47.5 Å². The first-order valence-corrected chi connectivity index (χ1v) is 8.81. The van der Waals surface area contributed by atoms with E-state index >= 15 is 0 Å². The normalized spacial score (nSPS) is 14.9. The van der Waals surface area contributed by atoms with Gasteiger partial charge in [-0.1, -0.05) is 44.0 Å². The van der Waals surface area contributed by atoms with Crippen LogP contribution >= 0.6 is 0 Å². The lowest BCUT2D eigenvalue weighted by atomic mass is 9.96. The molecule has 0 aliphatic heterocycles. The molecule has 0 saturated carbocycles. The summed E-state index contributed by atoms with van der Waals surface area (Å²) in [4.78, 5) is 0. The first-order chi connectivity index (χ1) is 10.3. The van der Waals surface area contributed by atoms with Crippen molar-refractivity contribution < 1.29 is 0 Å². The number of benzene rings is 1. The Kier molecular flexibility index (Phi) is 7.02. The van der Waals surface area contributed by atoms with Gasteiger partial charge in [-0.05, 0) is 68.2 Å². The summed E-state index contributed by atoms with van der Waals surface area (Å²) in [6.07, 6.45) is 13.5. The molecule has 21 heavy (non-hydrogen) atoms. The molecule has 2 rings (SSSR count). The van der Waals surface area contributed by atoms with E-state index in [0.717, 1.165) is 13.0 Å². The molecule has 1 nitrogen and oxygen atoms in total. The topological polar surface area (TPSA) is 12.0 Å². The number of fused-ring (bicyclic) bond motifs is 1. The largest absolute Gasteiger partial charge is 0.310 e. The average Bonchev–Trinajstić information content (AvgIpc) is 2.97. The van der Waals surface area contributed by atoms with Gasteiger partial charge in [-0.15, -0.1) is 6.58 Å². The van der Waals surface area contributed by atoms with Crippen LogP contribution in [0.2, 0.25) is 0 Å². The molecule has 116 valence electrons. The third-order valence-electron chi connectivity index (χ3n) is 4.57. The van der Waals surface area contributed by atoms with Gasteiger partial charge in [-0.25, -0.2) is 0 Å². The second kappa shape index (κ2) is 9.04. The summed E-state index contributed by atoms with van der Waals surface area (Å²) < 4.78 is 0. The molecule has 1 aliphatic carbocycles. The van der Waals surface area contributed by atoms with E-state index in [-0.39, 0.29) is 0 Å². The summed E-state index contributed by atoms with van der Waals surface area (Å²) in [6.45, 7) is 7.17. The molecular formula is C20H31N. The van der Waals surface area contributed by atoms with Crippen LogP contribution in [0.15, 0.2) is 30.9 Å². The van der Waals surface area contributed by atoms with E-state index in [9.17, 15) is 0 Å². The van der Waals surface area contributed by atoms with Gasteiger partial charge in [0.2, 0.25) is 0 Å². The molecule has 0 radical (unpaired) electrons. The molecule has 0 bridgehead atoms. The number of hydrogen-bond acceptors (Lipinski definition) is 1. The predicted octanol–water partition coefficient (Wildman–Crippen LogP) is 5.35. The first-order valence-electron chi connectivity index (χ1n) is 8.81. The van der Waals surface area contributed by atoms with Crippen LogP contribution in [-0.2, 0) is 12.8 Å². The Hall–Kier alpha value is -1.08. The molecule has 1 aliphatic rings.